The van der Waals surface area contributed by atoms with Crippen molar-refractivity contribution in [2.75, 3.05) is 83.6 Å². The topological polar surface area (TPSA) is 95.1 Å². The van der Waals surface area contributed by atoms with Crippen LogP contribution in [0.25, 0.3) is 0 Å². The number of hydrogen-bond acceptors (Lipinski definition) is 7. The van der Waals surface area contributed by atoms with Gasteiger partial charge in [-0.2, -0.15) is 0 Å². The van der Waals surface area contributed by atoms with Crippen molar-refractivity contribution < 1.29 is 4.74 Å². The molecule has 2 aliphatic heterocycles. The fourth-order valence-corrected chi connectivity index (χ4v) is 3.52. The van der Waals surface area contributed by atoms with Crippen molar-refractivity contribution in [3.05, 3.63) is 18.5 Å². The molecular weight excluding hydrogens is 356 g/mol. The van der Waals surface area contributed by atoms with Gasteiger partial charge in [0.05, 0.1) is 13.2 Å². The molecule has 2 fully saturated rings. The van der Waals surface area contributed by atoms with Crippen LogP contribution >= 0.6 is 0 Å². The van der Waals surface area contributed by atoms with Crippen molar-refractivity contribution >= 4 is 11.9 Å². The third-order valence-corrected chi connectivity index (χ3v) is 5.18. The lowest BCUT2D eigenvalue weighted by Gasteiger charge is -2.34. The lowest BCUT2D eigenvalue weighted by Crippen LogP contribution is -2.47. The van der Waals surface area contributed by atoms with E-state index in [9.17, 15) is 0 Å². The first kappa shape index (κ1) is 20.8. The molecule has 2 saturated heterocycles. The van der Waals surface area contributed by atoms with E-state index in [1.54, 1.807) is 12.4 Å². The van der Waals surface area contributed by atoms with Crippen LogP contribution in [0.5, 0.6) is 0 Å². The molecule has 0 bridgehead atoms. The van der Waals surface area contributed by atoms with Gasteiger partial charge in [-0.1, -0.05) is 0 Å². The number of hydrogen-bond donors (Lipinski definition) is 2. The summed E-state index contributed by atoms with van der Waals surface area (Å²) in [4.78, 5) is 20.2. The van der Waals surface area contributed by atoms with E-state index in [0.717, 1.165) is 97.5 Å². The van der Waals surface area contributed by atoms with E-state index >= 15 is 0 Å². The number of morpholine rings is 1. The van der Waals surface area contributed by atoms with Crippen LogP contribution in [-0.4, -0.2) is 104 Å². The minimum Gasteiger partial charge on any atom is -0.379 e. The zero-order chi connectivity index (χ0) is 19.4. The number of piperazine rings is 1. The average molecular weight is 391 g/mol. The van der Waals surface area contributed by atoms with E-state index in [1.807, 2.05) is 6.07 Å². The minimum atomic E-state index is 0.563. The number of aliphatic imine (C=N–C) groups is 1. The van der Waals surface area contributed by atoms with E-state index < -0.39 is 0 Å². The number of ether oxygens (including phenoxy) is 1. The smallest absolute Gasteiger partial charge is 0.225 e. The van der Waals surface area contributed by atoms with Crippen molar-refractivity contribution in [1.29, 1.82) is 0 Å². The molecule has 0 aliphatic carbocycles. The Kier molecular flexibility index (Phi) is 8.73. The molecule has 9 nitrogen and oxygen atoms in total. The highest BCUT2D eigenvalue weighted by Gasteiger charge is 2.18. The third kappa shape index (κ3) is 7.21. The maximum absolute atomic E-state index is 5.97. The molecule has 2 aliphatic rings. The highest BCUT2D eigenvalue weighted by molar-refractivity contribution is 5.77. The fourth-order valence-electron chi connectivity index (χ4n) is 3.52. The average Bonchev–Trinajstić information content (AvgIpc) is 2.76. The second-order valence-electron chi connectivity index (χ2n) is 7.23. The second kappa shape index (κ2) is 11.8. The molecule has 0 saturated carbocycles. The van der Waals surface area contributed by atoms with Gasteiger partial charge in [0.15, 0.2) is 5.96 Å². The summed E-state index contributed by atoms with van der Waals surface area (Å²) in [6, 6.07) is 1.85. The molecule has 0 atom stereocenters. The molecule has 3 rings (SSSR count). The molecule has 28 heavy (non-hydrogen) atoms. The summed E-state index contributed by atoms with van der Waals surface area (Å²) in [5.41, 5.74) is 5.97. The SMILES string of the molecule is NC(=NCCCN1CCOCC1)NCCCN1CCN(c2ncccn2)CC1. The normalized spacial score (nSPS) is 19.7. The van der Waals surface area contributed by atoms with Crippen molar-refractivity contribution in [3.63, 3.8) is 0 Å². The summed E-state index contributed by atoms with van der Waals surface area (Å²) in [5, 5.41) is 3.23. The number of anilines is 1. The molecule has 1 aromatic rings. The van der Waals surface area contributed by atoms with E-state index in [1.165, 1.54) is 0 Å². The lowest BCUT2D eigenvalue weighted by molar-refractivity contribution is 0.0377. The quantitative estimate of drug-likeness (QED) is 0.335. The van der Waals surface area contributed by atoms with E-state index in [-0.39, 0.29) is 0 Å². The molecule has 1 aromatic heterocycles. The van der Waals surface area contributed by atoms with Gasteiger partial charge >= 0.3 is 0 Å². The van der Waals surface area contributed by atoms with Gasteiger partial charge < -0.3 is 20.7 Å². The summed E-state index contributed by atoms with van der Waals surface area (Å²) in [5.74, 6) is 1.40. The molecule has 0 spiro atoms. The van der Waals surface area contributed by atoms with Gasteiger partial charge in [0.25, 0.3) is 0 Å². The molecule has 0 aromatic carbocycles. The van der Waals surface area contributed by atoms with Crippen LogP contribution in [0.2, 0.25) is 0 Å². The number of aromatic nitrogens is 2. The van der Waals surface area contributed by atoms with Crippen LogP contribution in [0.3, 0.4) is 0 Å². The van der Waals surface area contributed by atoms with Gasteiger partial charge in [0, 0.05) is 71.3 Å². The lowest BCUT2D eigenvalue weighted by atomic mass is 10.3. The molecule has 156 valence electrons. The Hall–Kier alpha value is -1.97. The van der Waals surface area contributed by atoms with Gasteiger partial charge in [0.2, 0.25) is 5.95 Å². The molecule has 0 unspecified atom stereocenters. The van der Waals surface area contributed by atoms with E-state index in [0.29, 0.717) is 5.96 Å². The van der Waals surface area contributed by atoms with Crippen molar-refractivity contribution in [2.45, 2.75) is 12.8 Å². The van der Waals surface area contributed by atoms with Crippen molar-refractivity contribution in [3.8, 4) is 0 Å². The van der Waals surface area contributed by atoms with Crippen LogP contribution in [0, 0.1) is 0 Å². The Morgan fingerprint density at radius 3 is 2.43 bits per heavy atom. The van der Waals surface area contributed by atoms with Crippen LogP contribution < -0.4 is 16.0 Å². The first-order valence-corrected chi connectivity index (χ1v) is 10.4. The van der Waals surface area contributed by atoms with Crippen LogP contribution in [0.1, 0.15) is 12.8 Å². The summed E-state index contributed by atoms with van der Waals surface area (Å²) in [7, 11) is 0. The number of nitrogens with one attached hydrogen (secondary N) is 1. The fraction of sp³-hybridized carbons (Fsp3) is 0.737. The summed E-state index contributed by atoms with van der Waals surface area (Å²) < 4.78 is 5.36. The van der Waals surface area contributed by atoms with Gasteiger partial charge in [-0.05, 0) is 25.5 Å². The molecule has 9 heteroatoms. The minimum absolute atomic E-state index is 0.563. The Morgan fingerprint density at radius 1 is 1.00 bits per heavy atom. The number of nitrogens with zero attached hydrogens (tertiary/aromatic N) is 6. The first-order chi connectivity index (χ1) is 13.8. The number of guanidine groups is 1. The van der Waals surface area contributed by atoms with Crippen molar-refractivity contribution in [1.82, 2.24) is 25.1 Å². The van der Waals surface area contributed by atoms with Gasteiger partial charge in [0.1, 0.15) is 0 Å². The highest BCUT2D eigenvalue weighted by Crippen LogP contribution is 2.09. The summed E-state index contributed by atoms with van der Waals surface area (Å²) in [6.07, 6.45) is 5.70. The zero-order valence-electron chi connectivity index (χ0n) is 16.8. The molecule has 0 radical (unpaired) electrons. The third-order valence-electron chi connectivity index (χ3n) is 5.18. The Morgan fingerprint density at radius 2 is 1.68 bits per heavy atom. The maximum Gasteiger partial charge on any atom is 0.225 e. The van der Waals surface area contributed by atoms with Gasteiger partial charge in [-0.3, -0.25) is 14.8 Å². The van der Waals surface area contributed by atoms with E-state index in [4.69, 9.17) is 10.5 Å². The van der Waals surface area contributed by atoms with Crippen LogP contribution in [0.15, 0.2) is 23.5 Å². The molecule has 3 N–H and O–H groups in total. The predicted molar refractivity (Wildman–Crippen MR) is 112 cm³/mol. The van der Waals surface area contributed by atoms with Crippen molar-refractivity contribution in [2.24, 2.45) is 10.7 Å². The molecular formula is C19H34N8O. The standard InChI is InChI=1S/C19H34N8O/c20-18(22-7-3-9-26-14-16-28-17-15-26)21-6-2-8-25-10-12-27(13-11-25)19-23-4-1-5-24-19/h1,4-5H,2-3,6-17H2,(H3,20,21,22). The second-order valence-corrected chi connectivity index (χ2v) is 7.23. The summed E-state index contributed by atoms with van der Waals surface area (Å²) >= 11 is 0. The number of nitrogens with two attached hydrogens (primary N) is 1. The summed E-state index contributed by atoms with van der Waals surface area (Å²) in [6.45, 7) is 11.6. The van der Waals surface area contributed by atoms with E-state index in [2.05, 4.69) is 35.0 Å². The predicted octanol–water partition coefficient (Wildman–Crippen LogP) is -0.385. The van der Waals surface area contributed by atoms with Gasteiger partial charge in [-0.25, -0.2) is 9.97 Å². The Balaban J connectivity index is 1.21. The monoisotopic (exact) mass is 390 g/mol. The molecule has 3 heterocycles. The largest absolute Gasteiger partial charge is 0.379 e. The van der Waals surface area contributed by atoms with Crippen LogP contribution in [0.4, 0.5) is 5.95 Å². The molecule has 0 amide bonds. The zero-order valence-corrected chi connectivity index (χ0v) is 16.8. The van der Waals surface area contributed by atoms with Crippen LogP contribution in [-0.2, 0) is 4.74 Å². The first-order valence-electron chi connectivity index (χ1n) is 10.4. The maximum atomic E-state index is 5.97. The van der Waals surface area contributed by atoms with Gasteiger partial charge in [-0.15, -0.1) is 0 Å². The Labute approximate surface area is 168 Å². The highest BCUT2D eigenvalue weighted by atomic mass is 16.5. The number of rotatable bonds is 9. The Bertz CT molecular complexity index is 571.